The van der Waals surface area contributed by atoms with Gasteiger partial charge in [0.25, 0.3) is 5.89 Å². The first-order valence-electron chi connectivity index (χ1n) is 8.12. The molecule has 0 spiro atoms. The number of carboxylic acids is 1. The standard InChI is InChI=1S/C20H11BrClNO4S/c21-13-2-1-3-14-17(13)27-19(23-14)15(24)8-11-9-28-18(16(11)20(25)26)10-4-6-12(22)7-5-10/h1-7,9H,8H2,(H,25,26). The minimum absolute atomic E-state index is 0.0440. The molecule has 28 heavy (non-hydrogen) atoms. The van der Waals surface area contributed by atoms with Gasteiger partial charge in [0.15, 0.2) is 5.58 Å². The Hall–Kier alpha value is -2.48. The summed E-state index contributed by atoms with van der Waals surface area (Å²) in [5.74, 6) is -1.52. The number of carboxylic acid groups (broad SMARTS) is 1. The molecule has 0 unspecified atom stereocenters. The average Bonchev–Trinajstić information content (AvgIpc) is 3.27. The fourth-order valence-corrected chi connectivity index (χ4v) is 4.49. The van der Waals surface area contributed by atoms with Gasteiger partial charge in [0.2, 0.25) is 5.78 Å². The van der Waals surface area contributed by atoms with Gasteiger partial charge in [0, 0.05) is 16.3 Å². The number of fused-ring (bicyclic) bond motifs is 1. The van der Waals surface area contributed by atoms with Crippen molar-refractivity contribution in [2.75, 3.05) is 0 Å². The fourth-order valence-electron chi connectivity index (χ4n) is 2.86. The molecule has 0 atom stereocenters. The molecule has 0 amide bonds. The summed E-state index contributed by atoms with van der Waals surface area (Å²) in [5, 5.41) is 12.0. The van der Waals surface area contributed by atoms with Gasteiger partial charge < -0.3 is 9.52 Å². The average molecular weight is 477 g/mol. The van der Waals surface area contributed by atoms with Crippen molar-refractivity contribution in [3.63, 3.8) is 0 Å². The van der Waals surface area contributed by atoms with Crippen molar-refractivity contribution >= 4 is 61.7 Å². The highest BCUT2D eigenvalue weighted by atomic mass is 79.9. The SMILES string of the molecule is O=C(Cc1csc(-c2ccc(Cl)cc2)c1C(=O)O)c1nc2cccc(Br)c2o1. The molecule has 0 saturated carbocycles. The van der Waals surface area contributed by atoms with Gasteiger partial charge in [-0.2, -0.15) is 0 Å². The van der Waals surface area contributed by atoms with E-state index in [1.807, 2.05) is 0 Å². The van der Waals surface area contributed by atoms with Crippen LogP contribution in [0.15, 0.2) is 56.7 Å². The maximum Gasteiger partial charge on any atom is 0.337 e. The summed E-state index contributed by atoms with van der Waals surface area (Å²) >= 11 is 10.5. The van der Waals surface area contributed by atoms with Gasteiger partial charge in [0.1, 0.15) is 5.52 Å². The molecule has 2 aromatic heterocycles. The van der Waals surface area contributed by atoms with Crippen molar-refractivity contribution in [1.82, 2.24) is 4.98 Å². The molecule has 2 aromatic carbocycles. The molecule has 0 fully saturated rings. The minimum Gasteiger partial charge on any atom is -0.478 e. The molecule has 0 aliphatic carbocycles. The lowest BCUT2D eigenvalue weighted by Gasteiger charge is -2.03. The number of carbonyl (C=O) groups is 2. The number of para-hydroxylation sites is 1. The monoisotopic (exact) mass is 475 g/mol. The van der Waals surface area contributed by atoms with E-state index in [-0.39, 0.29) is 23.7 Å². The number of Topliss-reactive ketones (excluding diaryl/α,β-unsaturated/α-hetero) is 1. The van der Waals surface area contributed by atoms with Crippen molar-refractivity contribution < 1.29 is 19.1 Å². The molecule has 0 radical (unpaired) electrons. The lowest BCUT2D eigenvalue weighted by molar-refractivity contribution is 0.0697. The Labute approximate surface area is 176 Å². The van der Waals surface area contributed by atoms with Gasteiger partial charge in [-0.05, 0) is 56.7 Å². The van der Waals surface area contributed by atoms with Crippen LogP contribution in [0.2, 0.25) is 5.02 Å². The van der Waals surface area contributed by atoms with Crippen LogP contribution >= 0.6 is 38.9 Å². The number of oxazole rings is 1. The van der Waals surface area contributed by atoms with E-state index in [1.165, 1.54) is 11.3 Å². The van der Waals surface area contributed by atoms with Crippen LogP contribution in [0.5, 0.6) is 0 Å². The minimum atomic E-state index is -1.09. The predicted molar refractivity (Wildman–Crippen MR) is 111 cm³/mol. The second-order valence-corrected chi connectivity index (χ2v) is 8.15. The van der Waals surface area contributed by atoms with Crippen LogP contribution in [-0.2, 0) is 6.42 Å². The molecule has 5 nitrogen and oxygen atoms in total. The first kappa shape index (κ1) is 18.9. The molecule has 0 aliphatic heterocycles. The number of aromatic nitrogens is 1. The molecule has 4 aromatic rings. The Balaban J connectivity index is 1.69. The van der Waals surface area contributed by atoms with Gasteiger partial charge in [-0.15, -0.1) is 11.3 Å². The van der Waals surface area contributed by atoms with Gasteiger partial charge in [-0.3, -0.25) is 4.79 Å². The van der Waals surface area contributed by atoms with Crippen LogP contribution in [0.1, 0.15) is 26.6 Å². The highest BCUT2D eigenvalue weighted by Gasteiger charge is 2.24. The quantitative estimate of drug-likeness (QED) is 0.352. The number of carbonyl (C=O) groups excluding carboxylic acids is 1. The van der Waals surface area contributed by atoms with Gasteiger partial charge in [-0.25, -0.2) is 9.78 Å². The molecule has 0 bridgehead atoms. The van der Waals surface area contributed by atoms with E-state index in [0.29, 0.717) is 31.0 Å². The van der Waals surface area contributed by atoms with Crippen molar-refractivity contribution in [3.8, 4) is 10.4 Å². The molecule has 0 aliphatic rings. The first-order valence-corrected chi connectivity index (χ1v) is 10.2. The Morgan fingerprint density at radius 3 is 2.61 bits per heavy atom. The van der Waals surface area contributed by atoms with Crippen LogP contribution in [0.4, 0.5) is 0 Å². The third kappa shape index (κ3) is 3.48. The summed E-state index contributed by atoms with van der Waals surface area (Å²) < 4.78 is 6.27. The predicted octanol–water partition coefficient (Wildman–Crippen LogP) is 6.10. The van der Waals surface area contributed by atoms with Crippen molar-refractivity contribution in [2.24, 2.45) is 0 Å². The van der Waals surface area contributed by atoms with E-state index < -0.39 is 5.97 Å². The Morgan fingerprint density at radius 2 is 1.93 bits per heavy atom. The van der Waals surface area contributed by atoms with Crippen molar-refractivity contribution in [2.45, 2.75) is 6.42 Å². The zero-order valence-corrected chi connectivity index (χ0v) is 17.3. The number of ketones is 1. The molecule has 2 heterocycles. The summed E-state index contributed by atoms with van der Waals surface area (Å²) in [6, 6.07) is 12.2. The summed E-state index contributed by atoms with van der Waals surface area (Å²) in [6.45, 7) is 0. The first-order chi connectivity index (χ1) is 13.4. The number of halogens is 2. The Morgan fingerprint density at radius 1 is 1.18 bits per heavy atom. The molecule has 4 rings (SSSR count). The second kappa shape index (κ2) is 7.50. The van der Waals surface area contributed by atoms with E-state index in [9.17, 15) is 14.7 Å². The maximum absolute atomic E-state index is 12.7. The molecular formula is C20H11BrClNO4S. The number of aromatic carboxylic acids is 1. The lowest BCUT2D eigenvalue weighted by Crippen LogP contribution is -2.08. The molecule has 140 valence electrons. The zero-order valence-electron chi connectivity index (χ0n) is 14.1. The topological polar surface area (TPSA) is 80.4 Å². The third-order valence-corrected chi connectivity index (χ3v) is 6.10. The zero-order chi connectivity index (χ0) is 19.8. The van der Waals surface area contributed by atoms with Crippen LogP contribution in [-0.4, -0.2) is 21.8 Å². The number of rotatable bonds is 5. The summed E-state index contributed by atoms with van der Waals surface area (Å²) in [7, 11) is 0. The van der Waals surface area contributed by atoms with E-state index in [1.54, 1.807) is 47.8 Å². The lowest BCUT2D eigenvalue weighted by atomic mass is 10.0. The van der Waals surface area contributed by atoms with E-state index in [2.05, 4.69) is 20.9 Å². The van der Waals surface area contributed by atoms with Gasteiger partial charge in [0.05, 0.1) is 10.0 Å². The molecule has 8 heteroatoms. The van der Waals surface area contributed by atoms with Crippen LogP contribution in [0.25, 0.3) is 21.5 Å². The molecular weight excluding hydrogens is 466 g/mol. The number of benzene rings is 2. The van der Waals surface area contributed by atoms with E-state index >= 15 is 0 Å². The van der Waals surface area contributed by atoms with E-state index in [0.717, 1.165) is 5.56 Å². The smallest absolute Gasteiger partial charge is 0.337 e. The summed E-state index contributed by atoms with van der Waals surface area (Å²) in [4.78, 5) is 29.3. The summed E-state index contributed by atoms with van der Waals surface area (Å²) in [6.07, 6.45) is -0.115. The highest BCUT2D eigenvalue weighted by molar-refractivity contribution is 9.10. The van der Waals surface area contributed by atoms with Crippen LogP contribution in [0, 0.1) is 0 Å². The molecule has 1 N–H and O–H groups in total. The molecule has 0 saturated heterocycles. The normalized spacial score (nSPS) is 11.1. The third-order valence-electron chi connectivity index (χ3n) is 4.14. The fraction of sp³-hybridized carbons (Fsp3) is 0.0500. The van der Waals surface area contributed by atoms with Gasteiger partial charge >= 0.3 is 5.97 Å². The second-order valence-electron chi connectivity index (χ2n) is 5.98. The maximum atomic E-state index is 12.7. The van der Waals surface area contributed by atoms with Crippen LogP contribution < -0.4 is 0 Å². The number of nitrogens with zero attached hydrogens (tertiary/aromatic N) is 1. The number of hydrogen-bond acceptors (Lipinski definition) is 5. The highest BCUT2D eigenvalue weighted by Crippen LogP contribution is 2.34. The van der Waals surface area contributed by atoms with Crippen LogP contribution in [0.3, 0.4) is 0 Å². The number of thiophene rings is 1. The van der Waals surface area contributed by atoms with Crippen molar-refractivity contribution in [1.29, 1.82) is 0 Å². The largest absolute Gasteiger partial charge is 0.478 e. The Bertz CT molecular complexity index is 1210. The van der Waals surface area contributed by atoms with E-state index in [4.69, 9.17) is 16.0 Å². The van der Waals surface area contributed by atoms with Gasteiger partial charge in [-0.1, -0.05) is 29.8 Å². The Kier molecular flexibility index (Phi) is 5.05. The number of hydrogen-bond donors (Lipinski definition) is 1. The van der Waals surface area contributed by atoms with Crippen molar-refractivity contribution in [3.05, 3.63) is 74.4 Å². The summed E-state index contributed by atoms with van der Waals surface area (Å²) in [5.41, 5.74) is 2.31.